The highest BCUT2D eigenvalue weighted by Crippen LogP contribution is 2.23. The van der Waals surface area contributed by atoms with E-state index >= 15 is 0 Å². The lowest BCUT2D eigenvalue weighted by atomic mass is 9.96. The quantitative estimate of drug-likeness (QED) is 0.741. The standard InChI is InChI=1S/C20H28N4.2ClH/c1-2-23(16-18-6-5-7-19(21)14-18)15-17-9-12-24(13-10-17)20-8-3-4-11-22-20;;/h3-8,11,14,17H,2,9-10,12-13,15-16,21H2,1H3;2*1H. The van der Waals surface area contributed by atoms with Gasteiger partial charge in [-0.25, -0.2) is 4.98 Å². The van der Waals surface area contributed by atoms with E-state index in [2.05, 4.69) is 46.0 Å². The molecule has 0 radical (unpaired) electrons. The van der Waals surface area contributed by atoms with E-state index in [9.17, 15) is 0 Å². The summed E-state index contributed by atoms with van der Waals surface area (Å²) in [6.07, 6.45) is 4.36. The van der Waals surface area contributed by atoms with Gasteiger partial charge in [-0.3, -0.25) is 4.90 Å². The topological polar surface area (TPSA) is 45.4 Å². The predicted octanol–water partition coefficient (Wildman–Crippen LogP) is 4.25. The van der Waals surface area contributed by atoms with Crippen LogP contribution in [0.25, 0.3) is 0 Å². The van der Waals surface area contributed by atoms with E-state index in [1.807, 2.05) is 24.4 Å². The second-order valence-corrected chi connectivity index (χ2v) is 6.69. The minimum Gasteiger partial charge on any atom is -0.399 e. The third kappa shape index (κ3) is 6.35. The highest BCUT2D eigenvalue weighted by molar-refractivity contribution is 5.85. The van der Waals surface area contributed by atoms with Crippen molar-refractivity contribution >= 4 is 36.3 Å². The van der Waals surface area contributed by atoms with Crippen LogP contribution in [-0.4, -0.2) is 36.1 Å². The van der Waals surface area contributed by atoms with E-state index in [1.54, 1.807) is 0 Å². The van der Waals surface area contributed by atoms with Gasteiger partial charge in [-0.2, -0.15) is 0 Å². The summed E-state index contributed by atoms with van der Waals surface area (Å²) in [5.41, 5.74) is 8.06. The first-order valence-electron chi connectivity index (χ1n) is 8.97. The van der Waals surface area contributed by atoms with Gasteiger partial charge >= 0.3 is 0 Å². The van der Waals surface area contributed by atoms with Crippen molar-refractivity contribution in [3.8, 4) is 0 Å². The maximum absolute atomic E-state index is 5.90. The second-order valence-electron chi connectivity index (χ2n) is 6.69. The van der Waals surface area contributed by atoms with Crippen molar-refractivity contribution in [2.45, 2.75) is 26.3 Å². The van der Waals surface area contributed by atoms with E-state index in [1.165, 1.54) is 24.9 Å². The van der Waals surface area contributed by atoms with Crippen LogP contribution in [0.2, 0.25) is 0 Å². The number of aromatic nitrogens is 1. The molecule has 0 unspecified atom stereocenters. The number of nitrogens with two attached hydrogens (primary N) is 1. The van der Waals surface area contributed by atoms with Gasteiger partial charge in [-0.15, -0.1) is 24.8 Å². The van der Waals surface area contributed by atoms with Crippen LogP contribution in [0, 0.1) is 5.92 Å². The summed E-state index contributed by atoms with van der Waals surface area (Å²) in [6.45, 7) is 7.70. The van der Waals surface area contributed by atoms with Crippen LogP contribution in [-0.2, 0) is 6.54 Å². The number of hydrogen-bond acceptors (Lipinski definition) is 4. The zero-order valence-electron chi connectivity index (χ0n) is 15.4. The molecule has 1 saturated heterocycles. The summed E-state index contributed by atoms with van der Waals surface area (Å²) in [5.74, 6) is 1.88. The maximum Gasteiger partial charge on any atom is 0.128 e. The fourth-order valence-electron chi connectivity index (χ4n) is 3.51. The van der Waals surface area contributed by atoms with Gasteiger partial charge in [0.15, 0.2) is 0 Å². The molecule has 0 aliphatic carbocycles. The molecule has 0 saturated carbocycles. The molecule has 2 heterocycles. The van der Waals surface area contributed by atoms with Gasteiger partial charge in [0.1, 0.15) is 5.82 Å². The molecule has 0 amide bonds. The van der Waals surface area contributed by atoms with Gasteiger partial charge in [-0.1, -0.05) is 25.1 Å². The van der Waals surface area contributed by atoms with Gasteiger partial charge in [0.25, 0.3) is 0 Å². The van der Waals surface area contributed by atoms with Crippen LogP contribution in [0.1, 0.15) is 25.3 Å². The highest BCUT2D eigenvalue weighted by Gasteiger charge is 2.21. The second kappa shape index (κ2) is 11.3. The monoisotopic (exact) mass is 396 g/mol. The molecule has 1 aliphatic heterocycles. The average Bonchev–Trinajstić information content (AvgIpc) is 2.62. The van der Waals surface area contributed by atoms with Crippen LogP contribution in [0.5, 0.6) is 0 Å². The van der Waals surface area contributed by atoms with Crippen LogP contribution in [0.3, 0.4) is 0 Å². The molecule has 0 spiro atoms. The Hall–Kier alpha value is -1.49. The Balaban J connectivity index is 0.00000169. The molecule has 0 atom stereocenters. The Morgan fingerprint density at radius 2 is 1.88 bits per heavy atom. The van der Waals surface area contributed by atoms with E-state index in [0.29, 0.717) is 0 Å². The number of nitrogens with zero attached hydrogens (tertiary/aromatic N) is 3. The number of nitrogen functional groups attached to an aromatic ring is 1. The first-order valence-corrected chi connectivity index (χ1v) is 8.97. The van der Waals surface area contributed by atoms with Crippen molar-refractivity contribution in [1.29, 1.82) is 0 Å². The van der Waals surface area contributed by atoms with Crippen LogP contribution < -0.4 is 10.6 Å². The number of rotatable bonds is 6. The van der Waals surface area contributed by atoms with E-state index in [4.69, 9.17) is 5.73 Å². The van der Waals surface area contributed by atoms with Crippen molar-refractivity contribution in [3.63, 3.8) is 0 Å². The van der Waals surface area contributed by atoms with Gasteiger partial charge in [-0.05, 0) is 55.1 Å². The number of anilines is 2. The number of benzene rings is 1. The van der Waals surface area contributed by atoms with Crippen LogP contribution >= 0.6 is 24.8 Å². The van der Waals surface area contributed by atoms with Gasteiger partial charge in [0.05, 0.1) is 0 Å². The molecule has 6 heteroatoms. The molecule has 1 aromatic carbocycles. The van der Waals surface area contributed by atoms with E-state index in [-0.39, 0.29) is 24.8 Å². The molecular weight excluding hydrogens is 367 g/mol. The smallest absolute Gasteiger partial charge is 0.128 e. The summed E-state index contributed by atoms with van der Waals surface area (Å²) in [6, 6.07) is 14.4. The summed E-state index contributed by atoms with van der Waals surface area (Å²) in [4.78, 5) is 9.42. The van der Waals surface area contributed by atoms with Crippen molar-refractivity contribution in [2.24, 2.45) is 5.92 Å². The molecule has 0 bridgehead atoms. The summed E-state index contributed by atoms with van der Waals surface area (Å²) >= 11 is 0. The molecule has 144 valence electrons. The Labute approximate surface area is 169 Å². The zero-order valence-corrected chi connectivity index (χ0v) is 17.0. The Morgan fingerprint density at radius 1 is 1.12 bits per heavy atom. The van der Waals surface area contributed by atoms with Crippen LogP contribution in [0.4, 0.5) is 11.5 Å². The van der Waals surface area contributed by atoms with Gasteiger partial charge in [0.2, 0.25) is 0 Å². The van der Waals surface area contributed by atoms with Gasteiger partial charge < -0.3 is 10.6 Å². The minimum atomic E-state index is 0. The summed E-state index contributed by atoms with van der Waals surface area (Å²) in [5, 5.41) is 0. The van der Waals surface area contributed by atoms with Crippen molar-refractivity contribution < 1.29 is 0 Å². The first-order chi connectivity index (χ1) is 11.7. The lowest BCUT2D eigenvalue weighted by Crippen LogP contribution is -2.39. The first kappa shape index (κ1) is 22.6. The SMILES string of the molecule is CCN(Cc1cccc(N)c1)CC1CCN(c2ccccn2)CC1.Cl.Cl. The maximum atomic E-state index is 5.90. The average molecular weight is 397 g/mol. The molecule has 1 fully saturated rings. The Kier molecular flexibility index (Phi) is 9.78. The van der Waals surface area contributed by atoms with Crippen molar-refractivity contribution in [3.05, 3.63) is 54.2 Å². The third-order valence-corrected chi connectivity index (χ3v) is 4.91. The molecule has 2 N–H and O–H groups in total. The summed E-state index contributed by atoms with van der Waals surface area (Å²) < 4.78 is 0. The predicted molar refractivity (Wildman–Crippen MR) is 115 cm³/mol. The minimum absolute atomic E-state index is 0. The fraction of sp³-hybridized carbons (Fsp3) is 0.450. The molecular formula is C20H30Cl2N4. The number of pyridine rings is 1. The highest BCUT2D eigenvalue weighted by atomic mass is 35.5. The zero-order chi connectivity index (χ0) is 16.8. The van der Waals surface area contributed by atoms with Crippen molar-refractivity contribution in [1.82, 2.24) is 9.88 Å². The lowest BCUT2D eigenvalue weighted by molar-refractivity contribution is 0.213. The fourth-order valence-corrected chi connectivity index (χ4v) is 3.51. The number of piperidine rings is 1. The molecule has 1 aromatic heterocycles. The number of halogens is 2. The number of hydrogen-bond donors (Lipinski definition) is 1. The Morgan fingerprint density at radius 3 is 2.50 bits per heavy atom. The Bertz CT molecular complexity index is 631. The van der Waals surface area contributed by atoms with Crippen molar-refractivity contribution in [2.75, 3.05) is 36.8 Å². The summed E-state index contributed by atoms with van der Waals surface area (Å²) in [7, 11) is 0. The molecule has 1 aliphatic rings. The van der Waals surface area contributed by atoms with E-state index in [0.717, 1.165) is 43.6 Å². The molecule has 2 aromatic rings. The normalized spacial score (nSPS) is 14.6. The molecule has 26 heavy (non-hydrogen) atoms. The largest absolute Gasteiger partial charge is 0.399 e. The lowest BCUT2D eigenvalue weighted by Gasteiger charge is -2.35. The van der Waals surface area contributed by atoms with E-state index < -0.39 is 0 Å². The third-order valence-electron chi connectivity index (χ3n) is 4.91. The molecule has 4 nitrogen and oxygen atoms in total. The van der Waals surface area contributed by atoms with Gasteiger partial charge in [0, 0.05) is 38.1 Å². The van der Waals surface area contributed by atoms with Crippen LogP contribution in [0.15, 0.2) is 48.7 Å². The molecule has 3 rings (SSSR count).